The van der Waals surface area contributed by atoms with E-state index in [0.29, 0.717) is 6.61 Å². The fraction of sp³-hybridized carbons (Fsp3) is 0.917. The lowest BCUT2D eigenvalue weighted by Crippen LogP contribution is -2.48. The van der Waals surface area contributed by atoms with Gasteiger partial charge in [-0.05, 0) is 19.9 Å². The van der Waals surface area contributed by atoms with Crippen LogP contribution in [0.15, 0.2) is 0 Å². The molecule has 1 aliphatic rings. The molecule has 0 aromatic rings. The van der Waals surface area contributed by atoms with Crippen LogP contribution in [0.2, 0.25) is 0 Å². The predicted octanol–water partition coefficient (Wildman–Crippen LogP) is 1.41. The zero-order chi connectivity index (χ0) is 14.5. The van der Waals surface area contributed by atoms with E-state index in [4.69, 9.17) is 4.74 Å². The van der Waals surface area contributed by atoms with Gasteiger partial charge >= 0.3 is 6.18 Å². The minimum atomic E-state index is -4.36. The van der Waals surface area contributed by atoms with Gasteiger partial charge in [-0.3, -0.25) is 4.79 Å². The minimum absolute atomic E-state index is 0.0509. The standard InChI is InChI=1S/C12H21F3N2O2/c1-3-5-16-10-7-19-6-9(10)11(18)17(4-2)8-12(13,14)15/h9-10,16H,3-8H2,1-2H3. The highest BCUT2D eigenvalue weighted by Crippen LogP contribution is 2.21. The molecule has 1 amide bonds. The van der Waals surface area contributed by atoms with Crippen molar-refractivity contribution in [2.75, 3.05) is 32.8 Å². The van der Waals surface area contributed by atoms with E-state index in [0.717, 1.165) is 17.9 Å². The molecule has 0 radical (unpaired) electrons. The molecular formula is C12H21F3N2O2. The first-order chi connectivity index (χ1) is 8.89. The summed E-state index contributed by atoms with van der Waals surface area (Å²) in [7, 11) is 0. The zero-order valence-corrected chi connectivity index (χ0v) is 11.3. The second-order valence-electron chi connectivity index (χ2n) is 4.67. The van der Waals surface area contributed by atoms with Crippen LogP contribution in [0, 0.1) is 5.92 Å². The molecule has 1 rings (SSSR count). The highest BCUT2D eigenvalue weighted by molar-refractivity contribution is 5.80. The molecule has 19 heavy (non-hydrogen) atoms. The maximum atomic E-state index is 12.4. The SMILES string of the molecule is CCCNC1COCC1C(=O)N(CC)CC(F)(F)F. The average Bonchev–Trinajstić information content (AvgIpc) is 2.79. The second kappa shape index (κ2) is 7.09. The number of halogens is 3. The molecule has 1 heterocycles. The third kappa shape index (κ3) is 4.99. The molecule has 0 aromatic heterocycles. The van der Waals surface area contributed by atoms with E-state index in [1.807, 2.05) is 6.92 Å². The Balaban J connectivity index is 2.62. The smallest absolute Gasteiger partial charge is 0.379 e. The van der Waals surface area contributed by atoms with Crippen LogP contribution in [0.5, 0.6) is 0 Å². The monoisotopic (exact) mass is 282 g/mol. The summed E-state index contributed by atoms with van der Waals surface area (Å²) >= 11 is 0. The van der Waals surface area contributed by atoms with Gasteiger partial charge in [-0.15, -0.1) is 0 Å². The molecule has 0 spiro atoms. The first-order valence-corrected chi connectivity index (χ1v) is 6.55. The summed E-state index contributed by atoms with van der Waals surface area (Å²) in [6.45, 7) is 3.68. The Labute approximate surface area is 111 Å². The van der Waals surface area contributed by atoms with Gasteiger partial charge in [-0.1, -0.05) is 6.92 Å². The molecule has 2 unspecified atom stereocenters. The largest absolute Gasteiger partial charge is 0.406 e. The van der Waals surface area contributed by atoms with E-state index in [1.54, 1.807) is 6.92 Å². The Bertz CT molecular complexity index is 297. The van der Waals surface area contributed by atoms with Gasteiger partial charge in [0, 0.05) is 12.6 Å². The number of ether oxygens (including phenoxy) is 1. The lowest BCUT2D eigenvalue weighted by Gasteiger charge is -2.27. The van der Waals surface area contributed by atoms with Gasteiger partial charge in [-0.2, -0.15) is 13.2 Å². The summed E-state index contributed by atoms with van der Waals surface area (Å²) in [5.74, 6) is -1.00. The van der Waals surface area contributed by atoms with Gasteiger partial charge < -0.3 is 15.0 Å². The van der Waals surface area contributed by atoms with Gasteiger partial charge in [-0.25, -0.2) is 0 Å². The molecule has 0 aliphatic carbocycles. The van der Waals surface area contributed by atoms with Crippen molar-refractivity contribution in [3.05, 3.63) is 0 Å². The van der Waals surface area contributed by atoms with Crippen molar-refractivity contribution < 1.29 is 22.7 Å². The number of nitrogens with zero attached hydrogens (tertiary/aromatic N) is 1. The number of alkyl halides is 3. The summed E-state index contributed by atoms with van der Waals surface area (Å²) in [5, 5.41) is 3.15. The van der Waals surface area contributed by atoms with Crippen molar-refractivity contribution in [1.82, 2.24) is 10.2 Å². The Morgan fingerprint density at radius 1 is 1.37 bits per heavy atom. The number of carbonyl (C=O) groups is 1. The van der Waals surface area contributed by atoms with Crippen LogP contribution in [0.25, 0.3) is 0 Å². The molecule has 1 N–H and O–H groups in total. The molecule has 112 valence electrons. The van der Waals surface area contributed by atoms with Crippen molar-refractivity contribution in [3.8, 4) is 0 Å². The number of amides is 1. The third-order valence-electron chi connectivity index (χ3n) is 3.12. The maximum Gasteiger partial charge on any atom is 0.406 e. The fourth-order valence-corrected chi connectivity index (χ4v) is 2.13. The number of nitrogens with one attached hydrogen (secondary N) is 1. The molecular weight excluding hydrogens is 261 g/mol. The normalized spacial score (nSPS) is 23.6. The zero-order valence-electron chi connectivity index (χ0n) is 11.3. The molecule has 1 fully saturated rings. The first kappa shape index (κ1) is 16.2. The van der Waals surface area contributed by atoms with Crippen molar-refractivity contribution in [3.63, 3.8) is 0 Å². The van der Waals surface area contributed by atoms with Crippen molar-refractivity contribution in [1.29, 1.82) is 0 Å². The fourth-order valence-electron chi connectivity index (χ4n) is 2.13. The van der Waals surface area contributed by atoms with Crippen molar-refractivity contribution >= 4 is 5.91 Å². The van der Waals surface area contributed by atoms with E-state index in [1.165, 1.54) is 0 Å². The van der Waals surface area contributed by atoms with E-state index in [2.05, 4.69) is 5.32 Å². The Morgan fingerprint density at radius 3 is 2.58 bits per heavy atom. The Kier molecular flexibility index (Phi) is 6.06. The van der Waals surface area contributed by atoms with Crippen LogP contribution in [0.1, 0.15) is 20.3 Å². The predicted molar refractivity (Wildman–Crippen MR) is 64.7 cm³/mol. The summed E-state index contributed by atoms with van der Waals surface area (Å²) in [6.07, 6.45) is -3.46. The van der Waals surface area contributed by atoms with Gasteiger partial charge in [0.2, 0.25) is 5.91 Å². The molecule has 0 bridgehead atoms. The van der Waals surface area contributed by atoms with Crippen LogP contribution >= 0.6 is 0 Å². The first-order valence-electron chi connectivity index (χ1n) is 6.55. The lowest BCUT2D eigenvalue weighted by atomic mass is 10.0. The average molecular weight is 282 g/mol. The number of carbonyl (C=O) groups excluding carboxylic acids is 1. The number of hydrogen-bond acceptors (Lipinski definition) is 3. The van der Waals surface area contributed by atoms with E-state index >= 15 is 0 Å². The van der Waals surface area contributed by atoms with Crippen molar-refractivity contribution in [2.24, 2.45) is 5.92 Å². The quantitative estimate of drug-likeness (QED) is 0.801. The lowest BCUT2D eigenvalue weighted by molar-refractivity contribution is -0.163. The highest BCUT2D eigenvalue weighted by Gasteiger charge is 2.39. The van der Waals surface area contributed by atoms with Gasteiger partial charge in [0.15, 0.2) is 0 Å². The summed E-state index contributed by atoms with van der Waals surface area (Å²) < 4.78 is 42.4. The van der Waals surface area contributed by atoms with Crippen LogP contribution in [0.4, 0.5) is 13.2 Å². The maximum absolute atomic E-state index is 12.4. The molecule has 7 heteroatoms. The molecule has 4 nitrogen and oxygen atoms in total. The van der Waals surface area contributed by atoms with Crippen molar-refractivity contribution in [2.45, 2.75) is 32.5 Å². The Morgan fingerprint density at radius 2 is 2.05 bits per heavy atom. The molecule has 1 aliphatic heterocycles. The topological polar surface area (TPSA) is 41.6 Å². The van der Waals surface area contributed by atoms with E-state index in [9.17, 15) is 18.0 Å². The van der Waals surface area contributed by atoms with E-state index < -0.39 is 24.5 Å². The molecule has 1 saturated heterocycles. The number of rotatable bonds is 6. The Hall–Kier alpha value is -0.820. The molecule has 2 atom stereocenters. The van der Waals surface area contributed by atoms with Crippen LogP contribution in [-0.2, 0) is 9.53 Å². The summed E-state index contributed by atoms with van der Waals surface area (Å²) in [6, 6.07) is -0.185. The highest BCUT2D eigenvalue weighted by atomic mass is 19.4. The molecule has 0 aromatic carbocycles. The summed E-state index contributed by atoms with van der Waals surface area (Å²) in [4.78, 5) is 13.0. The van der Waals surface area contributed by atoms with Gasteiger partial charge in [0.05, 0.1) is 19.1 Å². The van der Waals surface area contributed by atoms with Gasteiger partial charge in [0.1, 0.15) is 6.54 Å². The van der Waals surface area contributed by atoms with Crippen LogP contribution in [-0.4, -0.2) is 55.9 Å². The summed E-state index contributed by atoms with van der Waals surface area (Å²) in [5.41, 5.74) is 0. The van der Waals surface area contributed by atoms with E-state index in [-0.39, 0.29) is 19.2 Å². The third-order valence-corrected chi connectivity index (χ3v) is 3.12. The second-order valence-corrected chi connectivity index (χ2v) is 4.67. The minimum Gasteiger partial charge on any atom is -0.379 e. The van der Waals surface area contributed by atoms with Crippen LogP contribution in [0.3, 0.4) is 0 Å². The van der Waals surface area contributed by atoms with Crippen LogP contribution < -0.4 is 5.32 Å². The molecule has 0 saturated carbocycles. The number of hydrogen-bond donors (Lipinski definition) is 1. The van der Waals surface area contributed by atoms with Gasteiger partial charge in [0.25, 0.3) is 0 Å².